The molecule has 106 valence electrons. The molecule has 0 aliphatic heterocycles. The van der Waals surface area contributed by atoms with Crippen molar-refractivity contribution in [1.29, 1.82) is 0 Å². The van der Waals surface area contributed by atoms with Crippen LogP contribution in [-0.2, 0) is 0 Å². The van der Waals surface area contributed by atoms with E-state index >= 15 is 0 Å². The van der Waals surface area contributed by atoms with Crippen LogP contribution in [0.25, 0.3) is 0 Å². The summed E-state index contributed by atoms with van der Waals surface area (Å²) in [5.74, 6) is 2.21. The van der Waals surface area contributed by atoms with Gasteiger partial charge in [0.05, 0.1) is 6.61 Å². The van der Waals surface area contributed by atoms with E-state index in [1.54, 1.807) is 12.3 Å². The molecule has 2 aromatic rings. The van der Waals surface area contributed by atoms with Gasteiger partial charge >= 0.3 is 0 Å². The zero-order valence-electron chi connectivity index (χ0n) is 11.6. The molecule has 0 aliphatic rings. The highest BCUT2D eigenvalue weighted by molar-refractivity contribution is 7.99. The predicted molar refractivity (Wildman–Crippen MR) is 83.5 cm³/mol. The number of hydrogen-bond acceptors (Lipinski definition) is 5. The number of nitrogens with one attached hydrogen (secondary N) is 1. The fourth-order valence-electron chi connectivity index (χ4n) is 1.56. The quantitative estimate of drug-likeness (QED) is 0.595. The molecule has 0 unspecified atom stereocenters. The summed E-state index contributed by atoms with van der Waals surface area (Å²) in [6.45, 7) is 3.57. The normalized spacial score (nSPS) is 10.2. The van der Waals surface area contributed by atoms with Crippen molar-refractivity contribution in [3.05, 3.63) is 42.6 Å². The smallest absolute Gasteiger partial charge is 0.225 e. The Morgan fingerprint density at radius 1 is 1.20 bits per heavy atom. The second kappa shape index (κ2) is 8.43. The van der Waals surface area contributed by atoms with Gasteiger partial charge in [0, 0.05) is 29.5 Å². The SMILES string of the molecule is CCCOc1ccnc(NCCSc2ccccc2)n1. The van der Waals surface area contributed by atoms with E-state index in [1.807, 2.05) is 30.0 Å². The number of rotatable bonds is 8. The number of hydrogen-bond donors (Lipinski definition) is 1. The van der Waals surface area contributed by atoms with Gasteiger partial charge in [-0.2, -0.15) is 4.98 Å². The van der Waals surface area contributed by atoms with E-state index in [0.717, 1.165) is 18.7 Å². The highest BCUT2D eigenvalue weighted by atomic mass is 32.2. The molecule has 5 heteroatoms. The Bertz CT molecular complexity index is 507. The summed E-state index contributed by atoms with van der Waals surface area (Å²) in [6.07, 6.45) is 2.69. The highest BCUT2D eigenvalue weighted by Crippen LogP contribution is 2.16. The molecule has 0 radical (unpaired) electrons. The third-order valence-electron chi connectivity index (χ3n) is 2.48. The summed E-state index contributed by atoms with van der Waals surface area (Å²) in [6, 6.07) is 12.1. The summed E-state index contributed by atoms with van der Waals surface area (Å²) in [7, 11) is 0. The van der Waals surface area contributed by atoms with Gasteiger partial charge in [0.1, 0.15) is 0 Å². The molecule has 0 saturated heterocycles. The van der Waals surface area contributed by atoms with E-state index in [4.69, 9.17) is 4.74 Å². The lowest BCUT2D eigenvalue weighted by Crippen LogP contribution is -2.08. The third kappa shape index (κ3) is 5.09. The first-order chi connectivity index (χ1) is 9.88. The lowest BCUT2D eigenvalue weighted by Gasteiger charge is -2.07. The predicted octanol–water partition coefficient (Wildman–Crippen LogP) is 3.47. The van der Waals surface area contributed by atoms with Crippen molar-refractivity contribution in [2.24, 2.45) is 0 Å². The molecular formula is C15H19N3OS. The van der Waals surface area contributed by atoms with Crippen LogP contribution in [0.3, 0.4) is 0 Å². The van der Waals surface area contributed by atoms with Crippen LogP contribution >= 0.6 is 11.8 Å². The Kier molecular flexibility index (Phi) is 6.17. The molecule has 0 aliphatic carbocycles. The molecule has 2 rings (SSSR count). The zero-order chi connectivity index (χ0) is 14.0. The van der Waals surface area contributed by atoms with Gasteiger partial charge in [-0.15, -0.1) is 11.8 Å². The Morgan fingerprint density at radius 3 is 2.85 bits per heavy atom. The van der Waals surface area contributed by atoms with Crippen molar-refractivity contribution in [3.8, 4) is 5.88 Å². The van der Waals surface area contributed by atoms with Crippen molar-refractivity contribution in [2.45, 2.75) is 18.2 Å². The lowest BCUT2D eigenvalue weighted by atomic mass is 10.4. The van der Waals surface area contributed by atoms with Crippen LogP contribution in [0.2, 0.25) is 0 Å². The van der Waals surface area contributed by atoms with Crippen molar-refractivity contribution in [3.63, 3.8) is 0 Å². The largest absolute Gasteiger partial charge is 0.478 e. The summed E-state index contributed by atoms with van der Waals surface area (Å²) in [5.41, 5.74) is 0. The molecule has 1 aromatic carbocycles. The van der Waals surface area contributed by atoms with Gasteiger partial charge in [-0.05, 0) is 18.6 Å². The minimum atomic E-state index is 0.618. The van der Waals surface area contributed by atoms with Crippen LogP contribution < -0.4 is 10.1 Å². The average Bonchev–Trinajstić information content (AvgIpc) is 2.51. The maximum Gasteiger partial charge on any atom is 0.225 e. The molecular weight excluding hydrogens is 270 g/mol. The van der Waals surface area contributed by atoms with E-state index in [9.17, 15) is 0 Å². The molecule has 0 amide bonds. The summed E-state index contributed by atoms with van der Waals surface area (Å²) in [4.78, 5) is 9.76. The average molecular weight is 289 g/mol. The fraction of sp³-hybridized carbons (Fsp3) is 0.333. The van der Waals surface area contributed by atoms with Crippen molar-refractivity contribution < 1.29 is 4.74 Å². The topological polar surface area (TPSA) is 47.0 Å². The molecule has 0 saturated carbocycles. The van der Waals surface area contributed by atoms with E-state index in [1.165, 1.54) is 4.90 Å². The fourth-order valence-corrected chi connectivity index (χ4v) is 2.35. The standard InChI is InChI=1S/C15H19N3OS/c1-2-11-19-14-8-9-16-15(18-14)17-10-12-20-13-6-4-3-5-7-13/h3-9H,2,10-12H2,1H3,(H,16,17,18). The molecule has 0 atom stereocenters. The molecule has 1 aromatic heterocycles. The molecule has 4 nitrogen and oxygen atoms in total. The maximum absolute atomic E-state index is 5.48. The minimum absolute atomic E-state index is 0.618. The van der Waals surface area contributed by atoms with Crippen LogP contribution in [0.15, 0.2) is 47.5 Å². The van der Waals surface area contributed by atoms with Crippen molar-refractivity contribution in [2.75, 3.05) is 24.2 Å². The van der Waals surface area contributed by atoms with E-state index in [-0.39, 0.29) is 0 Å². The number of anilines is 1. The summed E-state index contributed by atoms with van der Waals surface area (Å²) >= 11 is 1.81. The first kappa shape index (κ1) is 14.7. The van der Waals surface area contributed by atoms with E-state index in [2.05, 4.69) is 34.3 Å². The van der Waals surface area contributed by atoms with Gasteiger partial charge in [0.2, 0.25) is 11.8 Å². The van der Waals surface area contributed by atoms with Crippen LogP contribution in [0.1, 0.15) is 13.3 Å². The summed E-state index contributed by atoms with van der Waals surface area (Å²) < 4.78 is 5.48. The number of benzene rings is 1. The first-order valence-corrected chi connectivity index (χ1v) is 7.74. The highest BCUT2D eigenvalue weighted by Gasteiger charge is 1.99. The number of aromatic nitrogens is 2. The molecule has 1 heterocycles. The second-order valence-electron chi connectivity index (χ2n) is 4.16. The van der Waals surface area contributed by atoms with Gasteiger partial charge in [0.25, 0.3) is 0 Å². The monoisotopic (exact) mass is 289 g/mol. The molecule has 0 bridgehead atoms. The maximum atomic E-state index is 5.48. The lowest BCUT2D eigenvalue weighted by molar-refractivity contribution is 0.305. The van der Waals surface area contributed by atoms with Gasteiger partial charge in [-0.1, -0.05) is 25.1 Å². The third-order valence-corrected chi connectivity index (χ3v) is 3.49. The molecule has 20 heavy (non-hydrogen) atoms. The molecule has 0 fully saturated rings. The Labute approximate surface area is 124 Å². The van der Waals surface area contributed by atoms with Gasteiger partial charge in [0.15, 0.2) is 0 Å². The number of ether oxygens (including phenoxy) is 1. The Balaban J connectivity index is 1.73. The minimum Gasteiger partial charge on any atom is -0.478 e. The number of thioether (sulfide) groups is 1. The zero-order valence-corrected chi connectivity index (χ0v) is 12.4. The number of nitrogens with zero attached hydrogens (tertiary/aromatic N) is 2. The Hall–Kier alpha value is -1.75. The van der Waals surface area contributed by atoms with Gasteiger partial charge in [-0.25, -0.2) is 4.98 Å². The van der Waals surface area contributed by atoms with Crippen LogP contribution in [-0.4, -0.2) is 28.9 Å². The molecule has 0 spiro atoms. The first-order valence-electron chi connectivity index (χ1n) is 6.76. The van der Waals surface area contributed by atoms with E-state index < -0.39 is 0 Å². The van der Waals surface area contributed by atoms with Crippen LogP contribution in [0.4, 0.5) is 5.95 Å². The molecule has 1 N–H and O–H groups in total. The van der Waals surface area contributed by atoms with Crippen molar-refractivity contribution >= 4 is 17.7 Å². The van der Waals surface area contributed by atoms with Crippen LogP contribution in [0.5, 0.6) is 5.88 Å². The second-order valence-corrected chi connectivity index (χ2v) is 5.32. The van der Waals surface area contributed by atoms with Gasteiger partial charge in [-0.3, -0.25) is 0 Å². The van der Waals surface area contributed by atoms with Gasteiger partial charge < -0.3 is 10.1 Å². The van der Waals surface area contributed by atoms with E-state index in [0.29, 0.717) is 18.4 Å². The Morgan fingerprint density at radius 2 is 2.05 bits per heavy atom. The van der Waals surface area contributed by atoms with Crippen LogP contribution in [0, 0.1) is 0 Å². The summed E-state index contributed by atoms with van der Waals surface area (Å²) in [5, 5.41) is 3.21. The van der Waals surface area contributed by atoms with Crippen molar-refractivity contribution in [1.82, 2.24) is 9.97 Å².